The molecule has 0 bridgehead atoms. The maximum atomic E-state index is 13.0. The molecular weight excluding hydrogens is 368 g/mol. The molecule has 1 heterocycles. The van der Waals surface area contributed by atoms with Crippen molar-refractivity contribution in [2.75, 3.05) is 12.4 Å². The molecule has 2 aromatic carbocycles. The third kappa shape index (κ3) is 4.24. The van der Waals surface area contributed by atoms with Crippen LogP contribution in [0.25, 0.3) is 0 Å². The van der Waals surface area contributed by atoms with Crippen molar-refractivity contribution in [3.8, 4) is 0 Å². The smallest absolute Gasteiger partial charge is 0.273 e. The van der Waals surface area contributed by atoms with Crippen LogP contribution in [0.5, 0.6) is 0 Å². The third-order valence-electron chi connectivity index (χ3n) is 4.51. The first-order valence-corrected chi connectivity index (χ1v) is 9.25. The molecule has 0 aliphatic heterocycles. The second kappa shape index (κ2) is 8.52. The topological polar surface area (TPSA) is 93.1 Å². The summed E-state index contributed by atoms with van der Waals surface area (Å²) in [5.74, 6) is -1.13. The summed E-state index contributed by atoms with van der Waals surface area (Å²) in [6.07, 6.45) is 1.59. The molecule has 0 saturated heterocycles. The average molecular weight is 390 g/mol. The molecule has 0 saturated carbocycles. The number of ketones is 1. The maximum absolute atomic E-state index is 13.0. The van der Waals surface area contributed by atoms with Crippen LogP contribution in [0, 0.1) is 6.92 Å². The van der Waals surface area contributed by atoms with Crippen LogP contribution < -0.4 is 10.6 Å². The molecular formula is C22H22N4O3. The number of nitrogens with zero attached hydrogens (tertiary/aromatic N) is 2. The van der Waals surface area contributed by atoms with Crippen molar-refractivity contribution in [1.29, 1.82) is 0 Å². The summed E-state index contributed by atoms with van der Waals surface area (Å²) in [6.45, 7) is 4.36. The zero-order valence-electron chi connectivity index (χ0n) is 16.5. The van der Waals surface area contributed by atoms with E-state index in [0.717, 1.165) is 5.56 Å². The van der Waals surface area contributed by atoms with Gasteiger partial charge in [0.05, 0.1) is 11.3 Å². The van der Waals surface area contributed by atoms with Gasteiger partial charge in [0.15, 0.2) is 11.5 Å². The van der Waals surface area contributed by atoms with Gasteiger partial charge in [0.25, 0.3) is 11.8 Å². The standard InChI is InChI=1S/C22H22N4O3/c1-4-26-13-18(19(25-26)22(29)23-3)24-21(28)17-8-6-5-7-16(17)20(27)15-11-9-14(2)10-12-15/h5-13H,4H2,1-3H3,(H,23,29)(H,24,28). The van der Waals surface area contributed by atoms with Gasteiger partial charge in [-0.2, -0.15) is 5.10 Å². The molecule has 0 unspecified atom stereocenters. The highest BCUT2D eigenvalue weighted by atomic mass is 16.2. The highest BCUT2D eigenvalue weighted by Crippen LogP contribution is 2.19. The van der Waals surface area contributed by atoms with Crippen LogP contribution >= 0.6 is 0 Å². The SMILES string of the molecule is CCn1cc(NC(=O)c2ccccc2C(=O)c2ccc(C)cc2)c(C(=O)NC)n1. The van der Waals surface area contributed by atoms with E-state index in [9.17, 15) is 14.4 Å². The van der Waals surface area contributed by atoms with E-state index in [1.54, 1.807) is 47.3 Å². The number of anilines is 1. The number of aryl methyl sites for hydroxylation is 2. The summed E-state index contributed by atoms with van der Waals surface area (Å²) in [4.78, 5) is 38.0. The molecule has 1 aromatic heterocycles. The Morgan fingerprint density at radius 2 is 1.62 bits per heavy atom. The lowest BCUT2D eigenvalue weighted by Gasteiger charge is -2.10. The van der Waals surface area contributed by atoms with Crippen LogP contribution in [-0.2, 0) is 6.54 Å². The van der Waals surface area contributed by atoms with Crippen LogP contribution in [0.4, 0.5) is 5.69 Å². The minimum absolute atomic E-state index is 0.116. The number of hydrogen-bond donors (Lipinski definition) is 2. The van der Waals surface area contributed by atoms with Gasteiger partial charge in [-0.05, 0) is 19.9 Å². The Morgan fingerprint density at radius 3 is 2.24 bits per heavy atom. The number of hydrogen-bond acceptors (Lipinski definition) is 4. The summed E-state index contributed by atoms with van der Waals surface area (Å²) in [5, 5.41) is 9.41. The summed E-state index contributed by atoms with van der Waals surface area (Å²) in [7, 11) is 1.49. The van der Waals surface area contributed by atoms with Gasteiger partial charge in [-0.15, -0.1) is 0 Å². The number of carbonyl (C=O) groups is 3. The van der Waals surface area contributed by atoms with Crippen molar-refractivity contribution < 1.29 is 14.4 Å². The average Bonchev–Trinajstić information content (AvgIpc) is 3.16. The zero-order chi connectivity index (χ0) is 21.0. The molecule has 0 aliphatic rings. The lowest BCUT2D eigenvalue weighted by atomic mass is 9.97. The molecule has 0 radical (unpaired) electrons. The molecule has 0 spiro atoms. The Kier molecular flexibility index (Phi) is 5.87. The van der Waals surface area contributed by atoms with Gasteiger partial charge in [0.2, 0.25) is 0 Å². The first-order chi connectivity index (χ1) is 13.9. The quantitative estimate of drug-likeness (QED) is 0.633. The number of benzene rings is 2. The Labute approximate surface area is 168 Å². The van der Waals surface area contributed by atoms with Gasteiger partial charge < -0.3 is 10.6 Å². The van der Waals surface area contributed by atoms with Crippen LogP contribution in [0.15, 0.2) is 54.7 Å². The Morgan fingerprint density at radius 1 is 0.966 bits per heavy atom. The molecule has 0 fully saturated rings. The van der Waals surface area contributed by atoms with E-state index < -0.39 is 11.8 Å². The molecule has 2 N–H and O–H groups in total. The van der Waals surface area contributed by atoms with Gasteiger partial charge in [-0.3, -0.25) is 19.1 Å². The normalized spacial score (nSPS) is 10.4. The Hall–Kier alpha value is -3.74. The van der Waals surface area contributed by atoms with Crippen molar-refractivity contribution in [2.24, 2.45) is 0 Å². The highest BCUT2D eigenvalue weighted by Gasteiger charge is 2.22. The first-order valence-electron chi connectivity index (χ1n) is 9.25. The lowest BCUT2D eigenvalue weighted by Crippen LogP contribution is -2.22. The summed E-state index contributed by atoms with van der Waals surface area (Å²) < 4.78 is 1.56. The molecule has 2 amide bonds. The largest absolute Gasteiger partial charge is 0.354 e. The van der Waals surface area contributed by atoms with Crippen molar-refractivity contribution in [2.45, 2.75) is 20.4 Å². The molecule has 3 rings (SSSR count). The van der Waals surface area contributed by atoms with Crippen LogP contribution in [-0.4, -0.2) is 34.4 Å². The van der Waals surface area contributed by atoms with E-state index in [2.05, 4.69) is 15.7 Å². The fourth-order valence-corrected chi connectivity index (χ4v) is 2.89. The van der Waals surface area contributed by atoms with Crippen LogP contribution in [0.2, 0.25) is 0 Å². The monoisotopic (exact) mass is 390 g/mol. The molecule has 0 atom stereocenters. The van der Waals surface area contributed by atoms with E-state index >= 15 is 0 Å². The summed E-state index contributed by atoms with van der Waals surface area (Å²) in [6, 6.07) is 13.8. The fourth-order valence-electron chi connectivity index (χ4n) is 2.89. The molecule has 7 nitrogen and oxygen atoms in total. The maximum Gasteiger partial charge on any atom is 0.273 e. The van der Waals surface area contributed by atoms with Gasteiger partial charge >= 0.3 is 0 Å². The van der Waals surface area contributed by atoms with Crippen molar-refractivity contribution in [3.63, 3.8) is 0 Å². The molecule has 3 aromatic rings. The van der Waals surface area contributed by atoms with E-state index in [1.807, 2.05) is 26.0 Å². The predicted molar refractivity (Wildman–Crippen MR) is 110 cm³/mol. The Balaban J connectivity index is 1.93. The zero-order valence-corrected chi connectivity index (χ0v) is 16.5. The van der Waals surface area contributed by atoms with Crippen molar-refractivity contribution in [1.82, 2.24) is 15.1 Å². The number of nitrogens with one attached hydrogen (secondary N) is 2. The van der Waals surface area contributed by atoms with E-state index in [1.165, 1.54) is 7.05 Å². The number of aromatic nitrogens is 2. The van der Waals surface area contributed by atoms with Crippen molar-refractivity contribution >= 4 is 23.3 Å². The lowest BCUT2D eigenvalue weighted by molar-refractivity contribution is 0.0957. The summed E-state index contributed by atoms with van der Waals surface area (Å²) >= 11 is 0. The minimum Gasteiger partial charge on any atom is -0.354 e. The van der Waals surface area contributed by atoms with Gasteiger partial charge in [0.1, 0.15) is 0 Å². The second-order valence-electron chi connectivity index (χ2n) is 6.52. The first kappa shape index (κ1) is 20.0. The number of rotatable bonds is 6. The molecule has 7 heteroatoms. The predicted octanol–water partition coefficient (Wildman–Crippen LogP) is 3.05. The van der Waals surface area contributed by atoms with Gasteiger partial charge in [0, 0.05) is 30.9 Å². The highest BCUT2D eigenvalue weighted by molar-refractivity contribution is 6.18. The summed E-state index contributed by atoms with van der Waals surface area (Å²) in [5.41, 5.74) is 2.46. The molecule has 0 aliphatic carbocycles. The van der Waals surface area contributed by atoms with E-state index in [0.29, 0.717) is 17.7 Å². The molecule has 29 heavy (non-hydrogen) atoms. The van der Waals surface area contributed by atoms with E-state index in [-0.39, 0.29) is 22.7 Å². The van der Waals surface area contributed by atoms with Crippen LogP contribution in [0.3, 0.4) is 0 Å². The van der Waals surface area contributed by atoms with Crippen molar-refractivity contribution in [3.05, 3.63) is 82.7 Å². The van der Waals surface area contributed by atoms with E-state index in [4.69, 9.17) is 0 Å². The number of carbonyl (C=O) groups excluding carboxylic acids is 3. The number of amides is 2. The van der Waals surface area contributed by atoms with Crippen LogP contribution in [0.1, 0.15) is 49.3 Å². The fraction of sp³-hybridized carbons (Fsp3) is 0.182. The Bertz CT molecular complexity index is 1070. The molecule has 148 valence electrons. The minimum atomic E-state index is -0.484. The third-order valence-corrected chi connectivity index (χ3v) is 4.51. The van der Waals surface area contributed by atoms with Gasteiger partial charge in [-0.1, -0.05) is 48.0 Å². The second-order valence-corrected chi connectivity index (χ2v) is 6.52. The van der Waals surface area contributed by atoms with Gasteiger partial charge in [-0.25, -0.2) is 0 Å².